The Morgan fingerprint density at radius 3 is 2.91 bits per heavy atom. The maximum atomic E-state index is 12.7. The van der Waals surface area contributed by atoms with Crippen molar-refractivity contribution in [2.45, 2.75) is 18.9 Å². The van der Waals surface area contributed by atoms with Crippen molar-refractivity contribution < 1.29 is 18.7 Å². The first-order valence-electron chi connectivity index (χ1n) is 7.58. The molecule has 0 saturated carbocycles. The third-order valence-corrected chi connectivity index (χ3v) is 3.52. The number of nitrogens with one attached hydrogen (secondary N) is 1. The predicted octanol–water partition coefficient (Wildman–Crippen LogP) is 1.43. The van der Waals surface area contributed by atoms with E-state index < -0.39 is 0 Å². The largest absolute Gasteiger partial charge is 0.492 e. The highest BCUT2D eigenvalue weighted by Gasteiger charge is 2.16. The van der Waals surface area contributed by atoms with Crippen LogP contribution in [0.2, 0.25) is 0 Å². The molecule has 0 aliphatic carbocycles. The molecule has 1 fully saturated rings. The third-order valence-electron chi connectivity index (χ3n) is 3.52. The van der Waals surface area contributed by atoms with Gasteiger partial charge in [-0.3, -0.25) is 9.69 Å². The molecule has 1 atom stereocenters. The summed E-state index contributed by atoms with van der Waals surface area (Å²) in [6.45, 7) is 2.76. The van der Waals surface area contributed by atoms with Crippen LogP contribution in [0.1, 0.15) is 12.8 Å². The maximum Gasteiger partial charge on any atom is 0.234 e. The molecule has 5 nitrogen and oxygen atoms in total. The van der Waals surface area contributed by atoms with Crippen molar-refractivity contribution in [2.24, 2.45) is 0 Å². The van der Waals surface area contributed by atoms with Crippen LogP contribution >= 0.6 is 0 Å². The predicted molar refractivity (Wildman–Crippen MR) is 81.4 cm³/mol. The van der Waals surface area contributed by atoms with Gasteiger partial charge >= 0.3 is 0 Å². The lowest BCUT2D eigenvalue weighted by molar-refractivity contribution is -0.122. The van der Waals surface area contributed by atoms with Crippen LogP contribution in [0.15, 0.2) is 24.3 Å². The number of carbonyl (C=O) groups is 1. The molecule has 0 spiro atoms. The van der Waals surface area contributed by atoms with Crippen molar-refractivity contribution in [1.82, 2.24) is 10.2 Å². The standard InChI is InChI=1S/C16H23FN2O3/c1-19(8-10-22-14-6-4-13(17)5-7-14)12-16(20)18-11-15-3-2-9-21-15/h4-7,15H,2-3,8-12H2,1H3,(H,18,20). The molecule has 1 unspecified atom stereocenters. The van der Waals surface area contributed by atoms with Crippen LogP contribution in [0.5, 0.6) is 5.75 Å². The van der Waals surface area contributed by atoms with Crippen molar-refractivity contribution in [3.63, 3.8) is 0 Å². The molecule has 1 heterocycles. The van der Waals surface area contributed by atoms with Gasteiger partial charge in [0.25, 0.3) is 0 Å². The van der Waals surface area contributed by atoms with Gasteiger partial charge in [-0.1, -0.05) is 0 Å². The smallest absolute Gasteiger partial charge is 0.234 e. The fourth-order valence-electron chi connectivity index (χ4n) is 2.26. The summed E-state index contributed by atoms with van der Waals surface area (Å²) in [5, 5.41) is 2.88. The molecule has 1 aromatic rings. The molecular weight excluding hydrogens is 287 g/mol. The second-order valence-electron chi connectivity index (χ2n) is 5.48. The van der Waals surface area contributed by atoms with Crippen LogP contribution < -0.4 is 10.1 Å². The van der Waals surface area contributed by atoms with Crippen LogP contribution in [0.4, 0.5) is 4.39 Å². The lowest BCUT2D eigenvalue weighted by atomic mass is 10.2. The lowest BCUT2D eigenvalue weighted by Gasteiger charge is -2.17. The molecule has 1 amide bonds. The Morgan fingerprint density at radius 1 is 1.45 bits per heavy atom. The maximum absolute atomic E-state index is 12.7. The molecule has 0 aromatic heterocycles. The van der Waals surface area contributed by atoms with Gasteiger partial charge in [-0.25, -0.2) is 4.39 Å². The number of halogens is 1. The minimum atomic E-state index is -0.285. The van der Waals surface area contributed by atoms with Crippen LogP contribution in [0.25, 0.3) is 0 Å². The van der Waals surface area contributed by atoms with E-state index in [1.165, 1.54) is 12.1 Å². The molecule has 2 rings (SSSR count). The van der Waals surface area contributed by atoms with Gasteiger partial charge in [0.2, 0.25) is 5.91 Å². The van der Waals surface area contributed by atoms with Crippen LogP contribution in [-0.4, -0.2) is 56.8 Å². The molecule has 1 aromatic carbocycles. The Bertz CT molecular complexity index is 461. The summed E-state index contributed by atoms with van der Waals surface area (Å²) in [5.74, 6) is 0.324. The highest BCUT2D eigenvalue weighted by molar-refractivity contribution is 5.77. The molecule has 1 aliphatic heterocycles. The van der Waals surface area contributed by atoms with Crippen LogP contribution in [0, 0.1) is 5.82 Å². The lowest BCUT2D eigenvalue weighted by Crippen LogP contribution is -2.39. The van der Waals surface area contributed by atoms with Gasteiger partial charge in [0, 0.05) is 19.7 Å². The Morgan fingerprint density at radius 2 is 2.23 bits per heavy atom. The van der Waals surface area contributed by atoms with Crippen molar-refractivity contribution in [2.75, 3.05) is 39.9 Å². The molecule has 0 bridgehead atoms. The number of likely N-dealkylation sites (N-methyl/N-ethyl adjacent to an activating group) is 1. The zero-order chi connectivity index (χ0) is 15.8. The highest BCUT2D eigenvalue weighted by Crippen LogP contribution is 2.11. The van der Waals surface area contributed by atoms with E-state index in [-0.39, 0.29) is 17.8 Å². The average Bonchev–Trinajstić information content (AvgIpc) is 3.00. The average molecular weight is 310 g/mol. The number of ether oxygens (including phenoxy) is 2. The fraction of sp³-hybridized carbons (Fsp3) is 0.562. The number of rotatable bonds is 8. The van der Waals surface area contributed by atoms with Gasteiger partial charge < -0.3 is 14.8 Å². The molecule has 1 aliphatic rings. The van der Waals surface area contributed by atoms with Crippen molar-refractivity contribution in [1.29, 1.82) is 0 Å². The van der Waals surface area contributed by atoms with Gasteiger partial charge in [0.15, 0.2) is 0 Å². The zero-order valence-corrected chi connectivity index (χ0v) is 12.9. The summed E-state index contributed by atoms with van der Waals surface area (Å²) >= 11 is 0. The first-order chi connectivity index (χ1) is 10.6. The number of hydrogen-bond acceptors (Lipinski definition) is 4. The van der Waals surface area contributed by atoms with E-state index in [1.807, 2.05) is 11.9 Å². The Hall–Kier alpha value is -1.66. The van der Waals surface area contributed by atoms with Crippen molar-refractivity contribution in [3.05, 3.63) is 30.1 Å². The number of nitrogens with zero attached hydrogens (tertiary/aromatic N) is 1. The number of hydrogen-bond donors (Lipinski definition) is 1. The molecule has 1 saturated heterocycles. The summed E-state index contributed by atoms with van der Waals surface area (Å²) in [5.41, 5.74) is 0. The molecule has 0 radical (unpaired) electrons. The minimum Gasteiger partial charge on any atom is -0.492 e. The van der Waals surface area contributed by atoms with Gasteiger partial charge in [-0.05, 0) is 44.2 Å². The van der Waals surface area contributed by atoms with Gasteiger partial charge in [0.1, 0.15) is 18.2 Å². The highest BCUT2D eigenvalue weighted by atomic mass is 19.1. The van der Waals surface area contributed by atoms with E-state index in [1.54, 1.807) is 12.1 Å². The van der Waals surface area contributed by atoms with E-state index in [9.17, 15) is 9.18 Å². The number of benzene rings is 1. The van der Waals surface area contributed by atoms with Crippen LogP contribution in [-0.2, 0) is 9.53 Å². The number of amides is 1. The quantitative estimate of drug-likeness (QED) is 0.789. The topological polar surface area (TPSA) is 50.8 Å². The second kappa shape index (κ2) is 8.70. The molecule has 1 N–H and O–H groups in total. The SMILES string of the molecule is CN(CCOc1ccc(F)cc1)CC(=O)NCC1CCCO1. The Kier molecular flexibility index (Phi) is 6.61. The van der Waals surface area contributed by atoms with Crippen molar-refractivity contribution >= 4 is 5.91 Å². The van der Waals surface area contributed by atoms with E-state index in [4.69, 9.17) is 9.47 Å². The van der Waals surface area contributed by atoms with Crippen molar-refractivity contribution in [3.8, 4) is 5.75 Å². The van der Waals surface area contributed by atoms with Gasteiger partial charge in [0.05, 0.1) is 12.6 Å². The normalized spacial score (nSPS) is 17.7. The van der Waals surface area contributed by atoms with E-state index in [0.29, 0.717) is 32.0 Å². The van der Waals surface area contributed by atoms with E-state index >= 15 is 0 Å². The minimum absolute atomic E-state index is 0.0141. The summed E-state index contributed by atoms with van der Waals surface area (Å²) in [4.78, 5) is 13.7. The monoisotopic (exact) mass is 310 g/mol. The molecule has 6 heteroatoms. The Balaban J connectivity index is 1.57. The zero-order valence-electron chi connectivity index (χ0n) is 12.9. The third kappa shape index (κ3) is 5.99. The summed E-state index contributed by atoms with van der Waals surface area (Å²) < 4.78 is 23.7. The first kappa shape index (κ1) is 16.7. The summed E-state index contributed by atoms with van der Waals surface area (Å²) in [6, 6.07) is 5.89. The second-order valence-corrected chi connectivity index (χ2v) is 5.48. The van der Waals surface area contributed by atoms with Gasteiger partial charge in [-0.15, -0.1) is 0 Å². The van der Waals surface area contributed by atoms with E-state index in [2.05, 4.69) is 5.32 Å². The molecular formula is C16H23FN2O3. The Labute approximate surface area is 130 Å². The molecule has 122 valence electrons. The van der Waals surface area contributed by atoms with Gasteiger partial charge in [-0.2, -0.15) is 0 Å². The van der Waals surface area contributed by atoms with Crippen LogP contribution in [0.3, 0.4) is 0 Å². The summed E-state index contributed by atoms with van der Waals surface area (Å²) in [6.07, 6.45) is 2.25. The summed E-state index contributed by atoms with van der Waals surface area (Å²) in [7, 11) is 1.86. The van der Waals surface area contributed by atoms with E-state index in [0.717, 1.165) is 19.4 Å². The first-order valence-corrected chi connectivity index (χ1v) is 7.58. The fourth-order valence-corrected chi connectivity index (χ4v) is 2.26. The number of carbonyl (C=O) groups excluding carboxylic acids is 1. The molecule has 22 heavy (non-hydrogen) atoms.